The largest absolute Gasteiger partial charge is 0.462 e. The third-order valence-electron chi connectivity index (χ3n) is 8.03. The van der Waals surface area contributed by atoms with E-state index in [4.69, 9.17) is 9.47 Å². The number of aryl methyl sites for hydroxylation is 1. The van der Waals surface area contributed by atoms with Gasteiger partial charge in [-0.1, -0.05) is 0 Å². The maximum absolute atomic E-state index is 12.9. The van der Waals surface area contributed by atoms with Crippen molar-refractivity contribution >= 4 is 28.3 Å². The molecule has 1 saturated carbocycles. The van der Waals surface area contributed by atoms with Gasteiger partial charge in [-0.15, -0.1) is 0 Å². The van der Waals surface area contributed by atoms with Crippen LogP contribution in [0, 0.1) is 18.8 Å². The van der Waals surface area contributed by atoms with E-state index in [1.54, 1.807) is 0 Å². The molecule has 2 aromatic rings. The smallest absolute Gasteiger partial charge is 0.225 e. The van der Waals surface area contributed by atoms with Crippen LogP contribution in [-0.4, -0.2) is 67.3 Å². The van der Waals surface area contributed by atoms with Crippen molar-refractivity contribution in [3.63, 3.8) is 0 Å². The van der Waals surface area contributed by atoms with E-state index in [0.29, 0.717) is 18.6 Å². The summed E-state index contributed by atoms with van der Waals surface area (Å²) in [6.07, 6.45) is 11.1. The van der Waals surface area contributed by atoms with Crippen molar-refractivity contribution < 1.29 is 15.7 Å². The van der Waals surface area contributed by atoms with E-state index < -0.39 is 0 Å². The summed E-state index contributed by atoms with van der Waals surface area (Å²) in [6, 6.07) is 6.41. The van der Waals surface area contributed by atoms with Gasteiger partial charge in [0.25, 0.3) is 0 Å². The molecule has 0 radical (unpaired) electrons. The number of carbonyl (C=O) groups excluding carboxylic acids is 1. The molecular formula is C30H42N4O3. The predicted octanol–water partition coefficient (Wildman–Crippen LogP) is 5.42. The van der Waals surface area contributed by atoms with Gasteiger partial charge < -0.3 is 24.6 Å². The first kappa shape index (κ1) is 25.7. The van der Waals surface area contributed by atoms with Gasteiger partial charge in [-0.25, -0.2) is 4.98 Å². The quantitative estimate of drug-likeness (QED) is 0.400. The first-order valence-corrected chi connectivity index (χ1v) is 13.7. The highest BCUT2D eigenvalue weighted by Crippen LogP contribution is 2.31. The van der Waals surface area contributed by atoms with Crippen LogP contribution in [0.3, 0.4) is 0 Å². The zero-order chi connectivity index (χ0) is 25.8. The highest BCUT2D eigenvalue weighted by molar-refractivity contribution is 5.89. The van der Waals surface area contributed by atoms with E-state index >= 15 is 0 Å². The second-order valence-electron chi connectivity index (χ2n) is 10.8. The normalized spacial score (nSPS) is 22.8. The number of piperazine rings is 1. The van der Waals surface area contributed by atoms with Gasteiger partial charge in [0.15, 0.2) is 0 Å². The Morgan fingerprint density at radius 1 is 1.11 bits per heavy atom. The van der Waals surface area contributed by atoms with E-state index in [2.05, 4.69) is 64.4 Å². The zero-order valence-electron chi connectivity index (χ0n) is 22.5. The summed E-state index contributed by atoms with van der Waals surface area (Å²) in [7, 11) is 2.12. The molecule has 3 heterocycles. The number of nitrogens with zero attached hydrogens (tertiary/aromatic N) is 3. The number of hydrogen-bond donors (Lipinski definition) is 1. The van der Waals surface area contributed by atoms with Crippen molar-refractivity contribution in [1.82, 2.24) is 14.8 Å². The van der Waals surface area contributed by atoms with E-state index in [1.165, 1.54) is 5.56 Å². The molecule has 37 heavy (non-hydrogen) atoms. The molecule has 1 N–H and O–H groups in total. The van der Waals surface area contributed by atoms with Gasteiger partial charge in [-0.3, -0.25) is 4.79 Å². The molecule has 1 saturated heterocycles. The summed E-state index contributed by atoms with van der Waals surface area (Å²) in [4.78, 5) is 21.8. The first-order valence-electron chi connectivity index (χ1n) is 13.7. The second-order valence-corrected chi connectivity index (χ2v) is 10.8. The van der Waals surface area contributed by atoms with Crippen molar-refractivity contribution in [1.29, 1.82) is 0 Å². The molecule has 3 aliphatic rings. The fourth-order valence-corrected chi connectivity index (χ4v) is 5.66. The van der Waals surface area contributed by atoms with Gasteiger partial charge in [0.05, 0.1) is 12.4 Å². The molecule has 7 heteroatoms. The Morgan fingerprint density at radius 3 is 2.65 bits per heavy atom. The fraction of sp³-hybridized carbons (Fsp3) is 0.533. The number of anilines is 1. The van der Waals surface area contributed by atoms with Gasteiger partial charge in [0.1, 0.15) is 18.3 Å². The SMILES string of the molecule is CC1=CCC=C(c2cc(C)c3cnc(NCOCC4CCC(C(=O)N5CCN(C)CC5)CC4)cc3c2)O1.[HH]. The molecule has 1 aliphatic carbocycles. The van der Waals surface area contributed by atoms with Crippen LogP contribution < -0.4 is 5.32 Å². The Hall–Kier alpha value is -2.90. The lowest BCUT2D eigenvalue weighted by Gasteiger charge is -2.36. The maximum atomic E-state index is 12.9. The van der Waals surface area contributed by atoms with E-state index in [-0.39, 0.29) is 7.34 Å². The van der Waals surface area contributed by atoms with Crippen LogP contribution in [0.1, 0.15) is 51.6 Å². The van der Waals surface area contributed by atoms with Gasteiger partial charge >= 0.3 is 0 Å². The van der Waals surface area contributed by atoms with Crippen LogP contribution in [0.5, 0.6) is 0 Å². The van der Waals surface area contributed by atoms with Gasteiger partial charge in [0.2, 0.25) is 5.91 Å². The van der Waals surface area contributed by atoms with E-state index in [9.17, 15) is 4.79 Å². The average Bonchev–Trinajstić information content (AvgIpc) is 2.91. The summed E-state index contributed by atoms with van der Waals surface area (Å²) >= 11 is 0. The number of hydrogen-bond acceptors (Lipinski definition) is 6. The lowest BCUT2D eigenvalue weighted by atomic mass is 9.81. The Bertz CT molecular complexity index is 1180. The molecule has 7 nitrogen and oxygen atoms in total. The van der Waals surface area contributed by atoms with E-state index in [1.807, 2.05) is 13.1 Å². The molecule has 1 aromatic carbocycles. The van der Waals surface area contributed by atoms with Crippen LogP contribution in [-0.2, 0) is 14.3 Å². The molecule has 1 amide bonds. The highest BCUT2D eigenvalue weighted by atomic mass is 16.5. The fourth-order valence-electron chi connectivity index (χ4n) is 5.66. The molecule has 0 unspecified atom stereocenters. The minimum atomic E-state index is 0. The van der Waals surface area contributed by atoms with Gasteiger partial charge in [-0.2, -0.15) is 0 Å². The van der Waals surface area contributed by atoms with Gasteiger partial charge in [0, 0.05) is 50.7 Å². The minimum absolute atomic E-state index is 0. The van der Waals surface area contributed by atoms with Crippen LogP contribution in [0.2, 0.25) is 0 Å². The molecule has 2 aliphatic heterocycles. The lowest BCUT2D eigenvalue weighted by Crippen LogP contribution is -2.49. The lowest BCUT2D eigenvalue weighted by molar-refractivity contribution is -0.138. The van der Waals surface area contributed by atoms with Crippen molar-refractivity contribution in [2.75, 3.05) is 51.9 Å². The monoisotopic (exact) mass is 506 g/mol. The molecule has 5 rings (SSSR count). The molecule has 0 bridgehead atoms. The minimum Gasteiger partial charge on any atom is -0.462 e. The average molecular weight is 507 g/mol. The molecular weight excluding hydrogens is 464 g/mol. The third kappa shape index (κ3) is 6.33. The standard InChI is InChI=1S/C30H40N4O3.H2/c1-21-15-26(28-6-4-5-22(2)37-28)16-25-17-29(31-18-27(21)25)32-20-36-19-23-7-9-24(10-8-23)30(35)34-13-11-33(3)12-14-34;/h5-6,15-18,23-24H,4,7-14,19-20H2,1-3H3,(H,31,32);1H. The van der Waals surface area contributed by atoms with Crippen molar-refractivity contribution in [3.8, 4) is 0 Å². The van der Waals surface area contributed by atoms with Crippen LogP contribution in [0.25, 0.3) is 16.5 Å². The number of aromatic nitrogens is 1. The predicted molar refractivity (Wildman–Crippen MR) is 150 cm³/mol. The number of amides is 1. The van der Waals surface area contributed by atoms with Crippen molar-refractivity contribution in [2.24, 2.45) is 11.8 Å². The summed E-state index contributed by atoms with van der Waals surface area (Å²) < 4.78 is 11.9. The topological polar surface area (TPSA) is 66.9 Å². The molecule has 2 fully saturated rings. The number of benzene rings is 1. The molecule has 1 aromatic heterocycles. The maximum Gasteiger partial charge on any atom is 0.225 e. The number of nitrogens with one attached hydrogen (secondary N) is 1. The Morgan fingerprint density at radius 2 is 1.89 bits per heavy atom. The highest BCUT2D eigenvalue weighted by Gasteiger charge is 2.30. The van der Waals surface area contributed by atoms with Crippen LogP contribution >= 0.6 is 0 Å². The van der Waals surface area contributed by atoms with Crippen molar-refractivity contribution in [2.45, 2.75) is 46.0 Å². The second kappa shape index (κ2) is 11.7. The van der Waals surface area contributed by atoms with Crippen LogP contribution in [0.15, 0.2) is 42.3 Å². The number of carbonyl (C=O) groups is 1. The zero-order valence-corrected chi connectivity index (χ0v) is 22.5. The Labute approximate surface area is 222 Å². The number of likely N-dealkylation sites (N-methyl/N-ethyl adjacent to an activating group) is 1. The number of rotatable bonds is 7. The third-order valence-corrected chi connectivity index (χ3v) is 8.03. The summed E-state index contributed by atoms with van der Waals surface area (Å²) in [5, 5.41) is 5.59. The molecule has 0 atom stereocenters. The molecule has 0 spiro atoms. The number of allylic oxidation sites excluding steroid dienone is 3. The summed E-state index contributed by atoms with van der Waals surface area (Å²) in [6.45, 7) is 8.97. The summed E-state index contributed by atoms with van der Waals surface area (Å²) in [5.41, 5.74) is 2.27. The van der Waals surface area contributed by atoms with Gasteiger partial charge in [-0.05, 0) is 100 Å². The molecule has 200 valence electrons. The Kier molecular flexibility index (Phi) is 8.11. The van der Waals surface area contributed by atoms with Crippen LogP contribution in [0.4, 0.5) is 5.82 Å². The first-order chi connectivity index (χ1) is 18.0. The van der Waals surface area contributed by atoms with Crippen molar-refractivity contribution in [3.05, 3.63) is 53.4 Å². The number of ether oxygens (including phenoxy) is 2. The Balaban J connectivity index is 0.00000336. The number of pyridine rings is 1. The number of fused-ring (bicyclic) bond motifs is 1. The summed E-state index contributed by atoms with van der Waals surface area (Å²) in [5.74, 6) is 3.75. The van der Waals surface area contributed by atoms with E-state index in [0.717, 1.165) is 98.6 Å².